The highest BCUT2D eigenvalue weighted by atomic mass is 16.5. The predicted octanol–water partition coefficient (Wildman–Crippen LogP) is 3.08. The summed E-state index contributed by atoms with van der Waals surface area (Å²) < 4.78 is 5.64. The van der Waals surface area contributed by atoms with E-state index in [0.717, 1.165) is 37.9 Å². The smallest absolute Gasteiger partial charge is 0.243 e. The third-order valence-electron chi connectivity index (χ3n) is 3.02. The highest BCUT2D eigenvalue weighted by Gasteiger charge is 1.98. The summed E-state index contributed by atoms with van der Waals surface area (Å²) in [6.45, 7) is 2.84. The second-order valence-electron chi connectivity index (χ2n) is 4.55. The first-order chi connectivity index (χ1) is 9.26. The number of carbonyl (C=O) groups excluding carboxylic acids is 1. The largest absolute Gasteiger partial charge is 0.494 e. The van der Waals surface area contributed by atoms with E-state index in [-0.39, 0.29) is 5.91 Å². The first-order valence-corrected chi connectivity index (χ1v) is 6.91. The van der Waals surface area contributed by atoms with Crippen LogP contribution in [0.5, 0.6) is 5.75 Å². The number of nitrogens with one attached hydrogen (secondary N) is 1. The van der Waals surface area contributed by atoms with Crippen LogP contribution in [0.15, 0.2) is 24.3 Å². The molecule has 0 fully saturated rings. The molecule has 1 aromatic carbocycles. The monoisotopic (exact) mass is 265 g/mol. The van der Waals surface area contributed by atoms with Crippen LogP contribution in [0.1, 0.15) is 44.6 Å². The molecule has 1 aromatic rings. The lowest BCUT2D eigenvalue weighted by molar-refractivity contribution is -0.129. The molecule has 0 saturated heterocycles. The first kappa shape index (κ1) is 15.5. The van der Waals surface area contributed by atoms with Gasteiger partial charge in [-0.3, -0.25) is 10.0 Å². The average Bonchev–Trinajstić information content (AvgIpc) is 2.46. The molecule has 0 radical (unpaired) electrons. The Kier molecular flexibility index (Phi) is 7.66. The van der Waals surface area contributed by atoms with E-state index >= 15 is 0 Å². The maximum atomic E-state index is 10.8. The number of amides is 1. The molecule has 0 unspecified atom stereocenters. The van der Waals surface area contributed by atoms with Gasteiger partial charge in [0.15, 0.2) is 0 Å². The summed E-state index contributed by atoms with van der Waals surface area (Å²) in [5.74, 6) is 0.601. The molecule has 4 nitrogen and oxygen atoms in total. The number of aryl methyl sites for hydroxylation is 1. The topological polar surface area (TPSA) is 58.6 Å². The summed E-state index contributed by atoms with van der Waals surface area (Å²) in [5.41, 5.74) is 2.95. The SMILES string of the molecule is CCc1ccc(OCCCCCCC(=O)NO)cc1. The van der Waals surface area contributed by atoms with E-state index in [2.05, 4.69) is 19.1 Å². The summed E-state index contributed by atoms with van der Waals surface area (Å²) in [6, 6.07) is 8.18. The Hall–Kier alpha value is -1.55. The number of ether oxygens (including phenoxy) is 1. The zero-order chi connectivity index (χ0) is 13.9. The third kappa shape index (κ3) is 6.82. The second kappa shape index (κ2) is 9.39. The van der Waals surface area contributed by atoms with Crippen molar-refractivity contribution in [1.29, 1.82) is 0 Å². The first-order valence-electron chi connectivity index (χ1n) is 6.91. The zero-order valence-corrected chi connectivity index (χ0v) is 11.5. The van der Waals surface area contributed by atoms with Crippen LogP contribution in [0.3, 0.4) is 0 Å². The van der Waals surface area contributed by atoms with Crippen LogP contribution in [0.2, 0.25) is 0 Å². The molecule has 0 aromatic heterocycles. The normalized spacial score (nSPS) is 10.2. The summed E-state index contributed by atoms with van der Waals surface area (Å²) in [4.78, 5) is 10.8. The average molecular weight is 265 g/mol. The number of hydrogen-bond acceptors (Lipinski definition) is 3. The van der Waals surface area contributed by atoms with E-state index < -0.39 is 0 Å². The zero-order valence-electron chi connectivity index (χ0n) is 11.5. The predicted molar refractivity (Wildman–Crippen MR) is 74.3 cm³/mol. The van der Waals surface area contributed by atoms with Crippen LogP contribution < -0.4 is 10.2 Å². The lowest BCUT2D eigenvalue weighted by Gasteiger charge is -2.06. The summed E-state index contributed by atoms with van der Waals surface area (Å²) in [6.07, 6.45) is 5.22. The van der Waals surface area contributed by atoms with E-state index in [1.165, 1.54) is 5.56 Å². The number of hydrogen-bond donors (Lipinski definition) is 2. The highest BCUT2D eigenvalue weighted by Crippen LogP contribution is 2.13. The van der Waals surface area contributed by atoms with E-state index in [1.807, 2.05) is 12.1 Å². The Labute approximate surface area is 114 Å². The van der Waals surface area contributed by atoms with Gasteiger partial charge in [0.05, 0.1) is 6.61 Å². The fourth-order valence-corrected chi connectivity index (χ4v) is 1.81. The Morgan fingerprint density at radius 3 is 2.47 bits per heavy atom. The maximum Gasteiger partial charge on any atom is 0.243 e. The van der Waals surface area contributed by atoms with E-state index in [1.54, 1.807) is 5.48 Å². The molecule has 0 saturated carbocycles. The van der Waals surface area contributed by atoms with Crippen LogP contribution in [0.4, 0.5) is 0 Å². The quantitative estimate of drug-likeness (QED) is 0.410. The van der Waals surface area contributed by atoms with Gasteiger partial charge in [-0.05, 0) is 37.0 Å². The lowest BCUT2D eigenvalue weighted by Crippen LogP contribution is -2.17. The third-order valence-corrected chi connectivity index (χ3v) is 3.02. The minimum atomic E-state index is -0.313. The summed E-state index contributed by atoms with van der Waals surface area (Å²) >= 11 is 0. The van der Waals surface area contributed by atoms with Crippen molar-refractivity contribution >= 4 is 5.91 Å². The van der Waals surface area contributed by atoms with Gasteiger partial charge in [-0.1, -0.05) is 31.9 Å². The Bertz CT molecular complexity index is 362. The van der Waals surface area contributed by atoms with Crippen molar-refractivity contribution in [3.05, 3.63) is 29.8 Å². The number of hydroxylamine groups is 1. The highest BCUT2D eigenvalue weighted by molar-refractivity contribution is 5.74. The molecule has 0 aliphatic rings. The van der Waals surface area contributed by atoms with Crippen molar-refractivity contribution < 1.29 is 14.7 Å². The minimum absolute atomic E-state index is 0.313. The van der Waals surface area contributed by atoms with E-state index in [9.17, 15) is 4.79 Å². The minimum Gasteiger partial charge on any atom is -0.494 e. The number of rotatable bonds is 9. The molecule has 0 atom stereocenters. The molecular weight excluding hydrogens is 242 g/mol. The van der Waals surface area contributed by atoms with Crippen molar-refractivity contribution in [3.8, 4) is 5.75 Å². The molecule has 19 heavy (non-hydrogen) atoms. The number of benzene rings is 1. The van der Waals surface area contributed by atoms with E-state index in [0.29, 0.717) is 13.0 Å². The van der Waals surface area contributed by atoms with Crippen molar-refractivity contribution in [3.63, 3.8) is 0 Å². The molecule has 106 valence electrons. The van der Waals surface area contributed by atoms with Gasteiger partial charge in [-0.2, -0.15) is 0 Å². The van der Waals surface area contributed by atoms with Gasteiger partial charge in [0, 0.05) is 6.42 Å². The molecule has 0 spiro atoms. The summed E-state index contributed by atoms with van der Waals surface area (Å²) in [5, 5.41) is 8.32. The molecule has 0 bridgehead atoms. The van der Waals surface area contributed by atoms with Crippen molar-refractivity contribution in [2.45, 2.75) is 45.4 Å². The molecule has 4 heteroatoms. The van der Waals surface area contributed by atoms with Gasteiger partial charge in [-0.15, -0.1) is 0 Å². The van der Waals surface area contributed by atoms with E-state index in [4.69, 9.17) is 9.94 Å². The Balaban J connectivity index is 2.02. The second-order valence-corrected chi connectivity index (χ2v) is 4.55. The van der Waals surface area contributed by atoms with Crippen LogP contribution in [0.25, 0.3) is 0 Å². The van der Waals surface area contributed by atoms with Crippen molar-refractivity contribution in [2.75, 3.05) is 6.61 Å². The molecule has 0 heterocycles. The van der Waals surface area contributed by atoms with Crippen LogP contribution in [0, 0.1) is 0 Å². The van der Waals surface area contributed by atoms with Gasteiger partial charge in [-0.25, -0.2) is 5.48 Å². The van der Waals surface area contributed by atoms with Gasteiger partial charge < -0.3 is 4.74 Å². The maximum absolute atomic E-state index is 10.8. The fourth-order valence-electron chi connectivity index (χ4n) is 1.81. The van der Waals surface area contributed by atoms with Gasteiger partial charge in [0.25, 0.3) is 0 Å². The Morgan fingerprint density at radius 2 is 1.84 bits per heavy atom. The Morgan fingerprint density at radius 1 is 1.16 bits per heavy atom. The van der Waals surface area contributed by atoms with Gasteiger partial charge in [0.2, 0.25) is 5.91 Å². The van der Waals surface area contributed by atoms with Crippen molar-refractivity contribution in [1.82, 2.24) is 5.48 Å². The molecule has 1 amide bonds. The van der Waals surface area contributed by atoms with Gasteiger partial charge in [0.1, 0.15) is 5.75 Å². The molecule has 1 rings (SSSR count). The molecular formula is C15H23NO3. The van der Waals surface area contributed by atoms with Gasteiger partial charge >= 0.3 is 0 Å². The van der Waals surface area contributed by atoms with Crippen LogP contribution >= 0.6 is 0 Å². The standard InChI is InChI=1S/C15H23NO3/c1-2-13-8-10-14(11-9-13)19-12-6-4-3-5-7-15(17)16-18/h8-11,18H,2-7,12H2,1H3,(H,16,17). The molecule has 2 N–H and O–H groups in total. The van der Waals surface area contributed by atoms with Crippen LogP contribution in [-0.2, 0) is 11.2 Å². The number of carbonyl (C=O) groups is 1. The molecule has 0 aliphatic heterocycles. The van der Waals surface area contributed by atoms with Crippen molar-refractivity contribution in [2.24, 2.45) is 0 Å². The molecule has 0 aliphatic carbocycles. The fraction of sp³-hybridized carbons (Fsp3) is 0.533. The van der Waals surface area contributed by atoms with Crippen LogP contribution in [-0.4, -0.2) is 17.7 Å². The number of unbranched alkanes of at least 4 members (excludes halogenated alkanes) is 3. The lowest BCUT2D eigenvalue weighted by atomic mass is 10.1. The summed E-state index contributed by atoms with van der Waals surface area (Å²) in [7, 11) is 0.